The highest BCUT2D eigenvalue weighted by atomic mass is 79.9. The second-order valence-electron chi connectivity index (χ2n) is 2.71. The molecule has 0 saturated carbocycles. The quantitative estimate of drug-likeness (QED) is 0.772. The van der Waals surface area contributed by atoms with Crippen molar-refractivity contribution in [2.45, 2.75) is 0 Å². The minimum absolute atomic E-state index is 0.602. The Morgan fingerprint density at radius 2 is 2.15 bits per heavy atom. The summed E-state index contributed by atoms with van der Waals surface area (Å²) in [6.07, 6.45) is 0. The van der Waals surface area contributed by atoms with Crippen molar-refractivity contribution in [3.63, 3.8) is 0 Å². The number of anilines is 2. The summed E-state index contributed by atoms with van der Waals surface area (Å²) in [6, 6.07) is 5.33. The summed E-state index contributed by atoms with van der Waals surface area (Å²) in [5.74, 6) is 0. The van der Waals surface area contributed by atoms with E-state index >= 15 is 0 Å². The number of nitrogens with zero attached hydrogens (tertiary/aromatic N) is 1. The van der Waals surface area contributed by atoms with Crippen LogP contribution in [0.1, 0.15) is 0 Å². The lowest BCUT2D eigenvalue weighted by atomic mass is 10.3. The second kappa shape index (κ2) is 2.62. The predicted octanol–water partition coefficient (Wildman–Crippen LogP) is 1.56. The van der Waals surface area contributed by atoms with Crippen LogP contribution in [0.3, 0.4) is 0 Å². The fraction of sp³-hybridized carbons (Fsp3) is 0.143. The van der Waals surface area contributed by atoms with Crippen molar-refractivity contribution in [1.82, 2.24) is 0 Å². The molecule has 0 aliphatic carbocycles. The molecule has 6 heteroatoms. The summed E-state index contributed by atoms with van der Waals surface area (Å²) in [5.41, 5.74) is 1.26. The van der Waals surface area contributed by atoms with Crippen molar-refractivity contribution in [1.29, 1.82) is 0 Å². The third-order valence-corrected chi connectivity index (χ3v) is 3.96. The average Bonchev–Trinajstić information content (AvgIpc) is 2.28. The SMILES string of the molecule is CN1c2cccc(Br)c2NS1(=O)=O. The molecule has 13 heavy (non-hydrogen) atoms. The van der Waals surface area contributed by atoms with Crippen molar-refractivity contribution in [3.05, 3.63) is 22.7 Å². The van der Waals surface area contributed by atoms with Gasteiger partial charge in [0.2, 0.25) is 0 Å². The molecule has 0 fully saturated rings. The van der Waals surface area contributed by atoms with Gasteiger partial charge in [-0.2, -0.15) is 8.42 Å². The zero-order chi connectivity index (χ0) is 9.64. The topological polar surface area (TPSA) is 49.4 Å². The van der Waals surface area contributed by atoms with Crippen LogP contribution in [-0.4, -0.2) is 15.5 Å². The molecule has 1 aliphatic heterocycles. The van der Waals surface area contributed by atoms with Gasteiger partial charge < -0.3 is 0 Å². The molecule has 1 heterocycles. The van der Waals surface area contributed by atoms with Crippen molar-refractivity contribution in [3.8, 4) is 0 Å². The van der Waals surface area contributed by atoms with Gasteiger partial charge in [-0.25, -0.2) is 0 Å². The van der Waals surface area contributed by atoms with Gasteiger partial charge in [0.15, 0.2) is 0 Å². The van der Waals surface area contributed by atoms with Crippen LogP contribution in [0.2, 0.25) is 0 Å². The first-order valence-electron chi connectivity index (χ1n) is 3.57. The van der Waals surface area contributed by atoms with E-state index in [0.29, 0.717) is 11.4 Å². The maximum atomic E-state index is 11.4. The van der Waals surface area contributed by atoms with Gasteiger partial charge in [0.25, 0.3) is 0 Å². The number of rotatable bonds is 0. The molecule has 0 amide bonds. The molecule has 2 rings (SSSR count). The van der Waals surface area contributed by atoms with Gasteiger partial charge in [0, 0.05) is 11.5 Å². The highest BCUT2D eigenvalue weighted by molar-refractivity contribution is 9.10. The van der Waals surface area contributed by atoms with E-state index in [1.807, 2.05) is 0 Å². The zero-order valence-corrected chi connectivity index (χ0v) is 9.18. The van der Waals surface area contributed by atoms with Gasteiger partial charge >= 0.3 is 10.2 Å². The highest BCUT2D eigenvalue weighted by Crippen LogP contribution is 2.39. The normalized spacial score (nSPS) is 18.2. The Morgan fingerprint density at radius 1 is 1.46 bits per heavy atom. The number of benzene rings is 1. The van der Waals surface area contributed by atoms with Gasteiger partial charge in [-0.05, 0) is 28.1 Å². The second-order valence-corrected chi connectivity index (χ2v) is 5.26. The first kappa shape index (κ1) is 8.83. The Morgan fingerprint density at radius 3 is 2.77 bits per heavy atom. The molecule has 1 aromatic rings. The number of fused-ring (bicyclic) bond motifs is 1. The average molecular weight is 263 g/mol. The number of halogens is 1. The van der Waals surface area contributed by atoms with E-state index in [1.165, 1.54) is 11.4 Å². The maximum absolute atomic E-state index is 11.4. The summed E-state index contributed by atoms with van der Waals surface area (Å²) >= 11 is 3.27. The first-order valence-corrected chi connectivity index (χ1v) is 5.81. The Bertz CT molecular complexity index is 458. The summed E-state index contributed by atoms with van der Waals surface area (Å²) in [4.78, 5) is 0. The van der Waals surface area contributed by atoms with Crippen LogP contribution in [0, 0.1) is 0 Å². The van der Waals surface area contributed by atoms with Gasteiger partial charge in [-0.3, -0.25) is 9.03 Å². The van der Waals surface area contributed by atoms with E-state index in [-0.39, 0.29) is 0 Å². The summed E-state index contributed by atoms with van der Waals surface area (Å²) < 4.78 is 27.1. The maximum Gasteiger partial charge on any atom is 0.323 e. The van der Waals surface area contributed by atoms with Crippen LogP contribution in [0.5, 0.6) is 0 Å². The lowest BCUT2D eigenvalue weighted by molar-refractivity contribution is 0.601. The Labute approximate surface area is 84.9 Å². The molecule has 1 N–H and O–H groups in total. The highest BCUT2D eigenvalue weighted by Gasteiger charge is 2.30. The third-order valence-electron chi connectivity index (χ3n) is 1.92. The number of hydrogen-bond acceptors (Lipinski definition) is 2. The fourth-order valence-corrected chi connectivity index (χ4v) is 2.81. The van der Waals surface area contributed by atoms with Gasteiger partial charge in [0.1, 0.15) is 0 Å². The smallest absolute Gasteiger partial charge is 0.263 e. The summed E-state index contributed by atoms with van der Waals surface area (Å²) in [6.45, 7) is 0. The molecule has 70 valence electrons. The zero-order valence-electron chi connectivity index (χ0n) is 6.78. The largest absolute Gasteiger partial charge is 0.323 e. The Hall–Kier alpha value is -0.750. The number of para-hydroxylation sites is 1. The first-order chi connectivity index (χ1) is 6.02. The molecular formula is C7H7BrN2O2S. The van der Waals surface area contributed by atoms with E-state index < -0.39 is 10.2 Å². The number of hydrogen-bond donors (Lipinski definition) is 1. The fourth-order valence-electron chi connectivity index (χ4n) is 1.20. The van der Waals surface area contributed by atoms with E-state index in [1.54, 1.807) is 18.2 Å². The monoisotopic (exact) mass is 262 g/mol. The standard InChI is InChI=1S/C7H7BrN2O2S/c1-10-6-4-2-3-5(8)7(6)9-13(10,11)12/h2-4,9H,1H3. The summed E-state index contributed by atoms with van der Waals surface area (Å²) in [5, 5.41) is 0. The molecular weight excluding hydrogens is 256 g/mol. The van der Waals surface area contributed by atoms with Crippen LogP contribution < -0.4 is 9.03 Å². The van der Waals surface area contributed by atoms with E-state index in [4.69, 9.17) is 0 Å². The van der Waals surface area contributed by atoms with Crippen molar-refractivity contribution in [2.24, 2.45) is 0 Å². The van der Waals surface area contributed by atoms with Crippen LogP contribution in [0.4, 0.5) is 11.4 Å². The molecule has 0 aromatic heterocycles. The van der Waals surface area contributed by atoms with Crippen LogP contribution in [-0.2, 0) is 10.2 Å². The Kier molecular flexibility index (Phi) is 1.78. The molecule has 1 aliphatic rings. The van der Waals surface area contributed by atoms with Crippen LogP contribution in [0.25, 0.3) is 0 Å². The molecule has 0 radical (unpaired) electrons. The van der Waals surface area contributed by atoms with Gasteiger partial charge in [-0.1, -0.05) is 6.07 Å². The van der Waals surface area contributed by atoms with Crippen molar-refractivity contribution >= 4 is 37.5 Å². The van der Waals surface area contributed by atoms with E-state index in [9.17, 15) is 8.42 Å². The molecule has 0 unspecified atom stereocenters. The summed E-state index contributed by atoms with van der Waals surface area (Å²) in [7, 11) is -1.84. The molecule has 0 saturated heterocycles. The lowest BCUT2D eigenvalue weighted by Crippen LogP contribution is -2.25. The molecule has 0 spiro atoms. The van der Waals surface area contributed by atoms with Crippen LogP contribution in [0.15, 0.2) is 22.7 Å². The van der Waals surface area contributed by atoms with Gasteiger partial charge in [0.05, 0.1) is 11.4 Å². The van der Waals surface area contributed by atoms with E-state index in [0.717, 1.165) is 4.47 Å². The molecule has 1 aromatic carbocycles. The molecule has 0 bridgehead atoms. The third kappa shape index (κ3) is 1.21. The van der Waals surface area contributed by atoms with E-state index in [2.05, 4.69) is 20.7 Å². The van der Waals surface area contributed by atoms with Crippen molar-refractivity contribution < 1.29 is 8.42 Å². The molecule has 4 nitrogen and oxygen atoms in total. The Balaban J connectivity index is 2.69. The minimum Gasteiger partial charge on any atom is -0.263 e. The van der Waals surface area contributed by atoms with Gasteiger partial charge in [-0.15, -0.1) is 0 Å². The van der Waals surface area contributed by atoms with Crippen LogP contribution >= 0.6 is 15.9 Å². The molecule has 0 atom stereocenters. The minimum atomic E-state index is -3.35. The number of nitrogens with one attached hydrogen (secondary N) is 1. The van der Waals surface area contributed by atoms with Crippen molar-refractivity contribution in [2.75, 3.05) is 16.1 Å². The predicted molar refractivity (Wildman–Crippen MR) is 55.1 cm³/mol. The lowest BCUT2D eigenvalue weighted by Gasteiger charge is -2.08.